The molecule has 0 saturated heterocycles. The molecule has 0 atom stereocenters. The van der Waals surface area contributed by atoms with Gasteiger partial charge < -0.3 is 18.9 Å². The molecule has 0 aromatic carbocycles. The van der Waals surface area contributed by atoms with Gasteiger partial charge >= 0.3 is 0 Å². The van der Waals surface area contributed by atoms with E-state index in [0.29, 0.717) is 13.2 Å². The van der Waals surface area contributed by atoms with E-state index in [2.05, 4.69) is 0 Å². The second kappa shape index (κ2) is 5.98. The molecule has 21 heavy (non-hydrogen) atoms. The molecule has 0 saturated carbocycles. The number of ether oxygens (including phenoxy) is 4. The zero-order chi connectivity index (χ0) is 15.0. The first kappa shape index (κ1) is 14.9. The van der Waals surface area contributed by atoms with Gasteiger partial charge in [-0.2, -0.15) is 0 Å². The summed E-state index contributed by atoms with van der Waals surface area (Å²) in [4.78, 5) is 3.19. The highest BCUT2D eigenvalue weighted by Crippen LogP contribution is 2.58. The number of hydrogen-bond donors (Lipinski definition) is 0. The number of hydrogen-bond acceptors (Lipinski definition) is 7. The third-order valence-corrected chi connectivity index (χ3v) is 6.64. The molecule has 7 heteroatoms. The molecule has 2 aromatic heterocycles. The van der Waals surface area contributed by atoms with Crippen molar-refractivity contribution in [3.8, 4) is 32.8 Å². The Balaban J connectivity index is 2.19. The van der Waals surface area contributed by atoms with E-state index in [4.69, 9.17) is 18.9 Å². The van der Waals surface area contributed by atoms with Gasteiger partial charge in [0.2, 0.25) is 0 Å². The molecule has 1 aliphatic rings. The van der Waals surface area contributed by atoms with E-state index < -0.39 is 0 Å². The van der Waals surface area contributed by atoms with Crippen molar-refractivity contribution in [3.63, 3.8) is 0 Å². The van der Waals surface area contributed by atoms with E-state index in [1.807, 2.05) is 13.2 Å². The normalized spacial score (nSPS) is 13.3. The van der Waals surface area contributed by atoms with Gasteiger partial charge in [0.1, 0.15) is 17.4 Å². The summed E-state index contributed by atoms with van der Waals surface area (Å²) in [7, 11) is 3.33. The van der Waals surface area contributed by atoms with E-state index in [0.717, 1.165) is 41.8 Å². The fourth-order valence-corrected chi connectivity index (χ4v) is 5.35. The van der Waals surface area contributed by atoms with Gasteiger partial charge in [-0.15, -0.1) is 34.4 Å². The quantitative estimate of drug-likeness (QED) is 0.773. The predicted octanol–water partition coefficient (Wildman–Crippen LogP) is 4.30. The molecule has 1 aliphatic heterocycles. The highest BCUT2D eigenvalue weighted by molar-refractivity contribution is 8.00. The Morgan fingerprint density at radius 1 is 0.952 bits per heavy atom. The molecule has 4 nitrogen and oxygen atoms in total. The molecular weight excluding hydrogens is 328 g/mol. The number of thioether (sulfide) groups is 1. The third-order valence-electron chi connectivity index (χ3n) is 3.16. The van der Waals surface area contributed by atoms with Crippen molar-refractivity contribution in [1.82, 2.24) is 0 Å². The minimum absolute atomic E-state index is 0.578. The molecule has 0 spiro atoms. The summed E-state index contributed by atoms with van der Waals surface area (Å²) in [5, 5.41) is 0. The number of methoxy groups -OCH3 is 2. The van der Waals surface area contributed by atoms with Crippen LogP contribution in [0.2, 0.25) is 0 Å². The summed E-state index contributed by atoms with van der Waals surface area (Å²) < 4.78 is 23.8. The molecule has 3 rings (SSSR count). The van der Waals surface area contributed by atoms with Gasteiger partial charge in [-0.25, -0.2) is 0 Å². The third kappa shape index (κ3) is 2.37. The molecule has 0 N–H and O–H groups in total. The molecule has 0 fully saturated rings. The summed E-state index contributed by atoms with van der Waals surface area (Å²) in [6, 6.07) is 0. The Morgan fingerprint density at radius 3 is 2.24 bits per heavy atom. The van der Waals surface area contributed by atoms with Gasteiger partial charge in [0.05, 0.1) is 24.0 Å². The summed E-state index contributed by atoms with van der Waals surface area (Å²) in [6.45, 7) is 3.21. The first-order chi connectivity index (χ1) is 10.2. The molecule has 0 radical (unpaired) electrons. The molecular formula is C14H16O4S3. The lowest BCUT2D eigenvalue weighted by molar-refractivity contribution is 0.170. The van der Waals surface area contributed by atoms with Crippen molar-refractivity contribution in [1.29, 1.82) is 0 Å². The van der Waals surface area contributed by atoms with Crippen molar-refractivity contribution in [3.05, 3.63) is 4.88 Å². The zero-order valence-electron chi connectivity index (χ0n) is 12.3. The predicted molar refractivity (Wildman–Crippen MR) is 88.2 cm³/mol. The van der Waals surface area contributed by atoms with Crippen molar-refractivity contribution < 1.29 is 18.9 Å². The van der Waals surface area contributed by atoms with Crippen LogP contribution >= 0.6 is 34.4 Å². The summed E-state index contributed by atoms with van der Waals surface area (Å²) >= 11 is 5.01. The summed E-state index contributed by atoms with van der Waals surface area (Å²) in [5.74, 6) is 3.26. The summed E-state index contributed by atoms with van der Waals surface area (Å²) in [6.07, 6.45) is 2.05. The Bertz CT molecular complexity index is 660. The zero-order valence-corrected chi connectivity index (χ0v) is 14.7. The van der Waals surface area contributed by atoms with Crippen LogP contribution in [0.15, 0.2) is 4.21 Å². The fraction of sp³-hybridized carbons (Fsp3) is 0.429. The molecule has 0 bridgehead atoms. The van der Waals surface area contributed by atoms with Crippen LogP contribution in [0.5, 0.6) is 23.0 Å². The summed E-state index contributed by atoms with van der Waals surface area (Å²) in [5.41, 5.74) is 0. The average molecular weight is 344 g/mol. The number of rotatable bonds is 4. The minimum atomic E-state index is 0.578. The highest BCUT2D eigenvalue weighted by atomic mass is 32.2. The van der Waals surface area contributed by atoms with Crippen LogP contribution in [0.1, 0.15) is 4.88 Å². The van der Waals surface area contributed by atoms with E-state index in [9.17, 15) is 0 Å². The first-order valence-electron chi connectivity index (χ1n) is 6.39. The maximum absolute atomic E-state index is 5.86. The number of fused-ring (bicyclic) bond motifs is 1. The van der Waals surface area contributed by atoms with E-state index >= 15 is 0 Å². The van der Waals surface area contributed by atoms with Crippen LogP contribution in [-0.4, -0.2) is 33.7 Å². The first-order valence-corrected chi connectivity index (χ1v) is 9.25. The Labute approximate surface area is 136 Å². The second-order valence-corrected chi connectivity index (χ2v) is 7.65. The topological polar surface area (TPSA) is 36.9 Å². The van der Waals surface area contributed by atoms with Gasteiger partial charge in [0.15, 0.2) is 23.0 Å². The van der Waals surface area contributed by atoms with Crippen LogP contribution in [0.3, 0.4) is 0 Å². The SMILES string of the molecule is COc1c(C)sc(-c2sc(SC)c3c2OCCO3)c1OC. The minimum Gasteiger partial charge on any atom is -0.492 e. The van der Waals surface area contributed by atoms with Gasteiger partial charge in [0.25, 0.3) is 0 Å². The van der Waals surface area contributed by atoms with Gasteiger partial charge in [0, 0.05) is 4.88 Å². The largest absolute Gasteiger partial charge is 0.492 e. The molecule has 114 valence electrons. The Kier molecular flexibility index (Phi) is 4.24. The van der Waals surface area contributed by atoms with Gasteiger partial charge in [-0.3, -0.25) is 0 Å². The van der Waals surface area contributed by atoms with Crippen molar-refractivity contribution >= 4 is 34.4 Å². The number of thiophene rings is 2. The monoisotopic (exact) mass is 344 g/mol. The average Bonchev–Trinajstić information content (AvgIpc) is 3.04. The van der Waals surface area contributed by atoms with E-state index in [1.54, 1.807) is 48.7 Å². The Morgan fingerprint density at radius 2 is 1.62 bits per heavy atom. The van der Waals surface area contributed by atoms with Gasteiger partial charge in [-0.05, 0) is 13.2 Å². The maximum Gasteiger partial charge on any atom is 0.186 e. The van der Waals surface area contributed by atoms with Crippen LogP contribution in [0.4, 0.5) is 0 Å². The van der Waals surface area contributed by atoms with Crippen molar-refractivity contribution in [2.75, 3.05) is 33.7 Å². The van der Waals surface area contributed by atoms with E-state index in [-0.39, 0.29) is 0 Å². The van der Waals surface area contributed by atoms with E-state index in [1.165, 1.54) is 0 Å². The molecule has 2 aromatic rings. The highest BCUT2D eigenvalue weighted by Gasteiger charge is 2.29. The molecule has 3 heterocycles. The van der Waals surface area contributed by atoms with Crippen molar-refractivity contribution in [2.24, 2.45) is 0 Å². The lowest BCUT2D eigenvalue weighted by atomic mass is 10.3. The lowest BCUT2D eigenvalue weighted by Crippen LogP contribution is -2.14. The van der Waals surface area contributed by atoms with Crippen LogP contribution in [0.25, 0.3) is 9.75 Å². The number of aryl methyl sites for hydroxylation is 1. The standard InChI is InChI=1S/C14H16O4S3/c1-7-8(15-2)9(16-3)12(20-7)13-10-11(14(19-4)21-13)18-6-5-17-10/h5-6H2,1-4H3. The van der Waals surface area contributed by atoms with Crippen molar-refractivity contribution in [2.45, 2.75) is 11.1 Å². The Hall–Kier alpha value is -1.05. The maximum atomic E-state index is 5.86. The van der Waals surface area contributed by atoms with Gasteiger partial charge in [-0.1, -0.05) is 0 Å². The molecule has 0 unspecified atom stereocenters. The molecule has 0 amide bonds. The lowest BCUT2D eigenvalue weighted by Gasteiger charge is -2.16. The van der Waals surface area contributed by atoms with Crippen LogP contribution in [-0.2, 0) is 0 Å². The second-order valence-electron chi connectivity index (χ2n) is 4.33. The molecule has 0 aliphatic carbocycles. The smallest absolute Gasteiger partial charge is 0.186 e. The van der Waals surface area contributed by atoms with Crippen LogP contribution < -0.4 is 18.9 Å². The van der Waals surface area contributed by atoms with Crippen LogP contribution in [0, 0.1) is 6.92 Å². The fourth-order valence-electron chi connectivity index (χ4n) is 2.29.